The highest BCUT2D eigenvalue weighted by Gasteiger charge is 2.06. The monoisotopic (exact) mass is 282 g/mol. The molecule has 0 aliphatic rings. The van der Waals surface area contributed by atoms with E-state index in [1.54, 1.807) is 7.05 Å². The molecule has 0 saturated carbocycles. The zero-order valence-corrected chi connectivity index (χ0v) is 12.9. The summed E-state index contributed by atoms with van der Waals surface area (Å²) < 4.78 is 5.45. The van der Waals surface area contributed by atoms with Gasteiger partial charge in [0.15, 0.2) is 0 Å². The Balaban J connectivity index is 2.46. The van der Waals surface area contributed by atoms with Crippen LogP contribution in [0.25, 0.3) is 0 Å². The Bertz CT molecular complexity index is 385. The van der Waals surface area contributed by atoms with E-state index in [2.05, 4.69) is 44.6 Å². The standard InChI is InChI=1S/C13H26N6O/c1-5-10-20-13-17-11(14-2)16-12(18-13)15-8-6-7-9-19(3)4/h5-10H2,1-4H3,(H2,14,15,16,17,18). The van der Waals surface area contributed by atoms with Gasteiger partial charge in [-0.2, -0.15) is 15.0 Å². The van der Waals surface area contributed by atoms with Gasteiger partial charge in [0.05, 0.1) is 6.61 Å². The third kappa shape index (κ3) is 6.51. The summed E-state index contributed by atoms with van der Waals surface area (Å²) in [6, 6.07) is 0.363. The lowest BCUT2D eigenvalue weighted by molar-refractivity contribution is 0.292. The second kappa shape index (κ2) is 9.30. The van der Waals surface area contributed by atoms with Crippen LogP contribution in [-0.4, -0.2) is 60.7 Å². The van der Waals surface area contributed by atoms with Gasteiger partial charge in [0.2, 0.25) is 11.9 Å². The highest BCUT2D eigenvalue weighted by molar-refractivity contribution is 5.35. The smallest absolute Gasteiger partial charge is 0.323 e. The molecule has 0 amide bonds. The number of rotatable bonds is 10. The fourth-order valence-electron chi connectivity index (χ4n) is 1.56. The van der Waals surface area contributed by atoms with Crippen molar-refractivity contribution >= 4 is 11.9 Å². The van der Waals surface area contributed by atoms with Crippen molar-refractivity contribution in [2.24, 2.45) is 0 Å². The zero-order chi connectivity index (χ0) is 14.8. The first kappa shape index (κ1) is 16.4. The number of nitrogens with one attached hydrogen (secondary N) is 2. The molecule has 1 heterocycles. The Hall–Kier alpha value is -1.63. The molecule has 0 bridgehead atoms. The normalized spacial score (nSPS) is 10.7. The Labute approximate surface area is 121 Å². The second-order valence-corrected chi connectivity index (χ2v) is 4.80. The first-order chi connectivity index (χ1) is 9.65. The van der Waals surface area contributed by atoms with Crippen LogP contribution in [0.5, 0.6) is 6.01 Å². The Morgan fingerprint density at radius 1 is 1.10 bits per heavy atom. The lowest BCUT2D eigenvalue weighted by atomic mass is 10.3. The summed E-state index contributed by atoms with van der Waals surface area (Å²) in [7, 11) is 5.94. The minimum absolute atomic E-state index is 0.363. The average Bonchev–Trinajstić information content (AvgIpc) is 2.44. The highest BCUT2D eigenvalue weighted by Crippen LogP contribution is 2.11. The van der Waals surface area contributed by atoms with Crippen molar-refractivity contribution in [3.05, 3.63) is 0 Å². The SMILES string of the molecule is CCCOc1nc(NC)nc(NCCCCN(C)C)n1. The maximum atomic E-state index is 5.45. The quantitative estimate of drug-likeness (QED) is 0.629. The van der Waals surface area contributed by atoms with Gasteiger partial charge in [-0.05, 0) is 39.9 Å². The molecule has 0 unspecified atom stereocenters. The molecule has 0 saturated heterocycles. The number of nitrogens with zero attached hydrogens (tertiary/aromatic N) is 4. The van der Waals surface area contributed by atoms with E-state index in [9.17, 15) is 0 Å². The van der Waals surface area contributed by atoms with Crippen LogP contribution < -0.4 is 15.4 Å². The molecule has 0 aliphatic heterocycles. The van der Waals surface area contributed by atoms with Gasteiger partial charge in [0.1, 0.15) is 0 Å². The highest BCUT2D eigenvalue weighted by atomic mass is 16.5. The molecule has 1 rings (SSSR count). The van der Waals surface area contributed by atoms with E-state index in [1.165, 1.54) is 0 Å². The Morgan fingerprint density at radius 3 is 2.50 bits per heavy atom. The van der Waals surface area contributed by atoms with E-state index < -0.39 is 0 Å². The van der Waals surface area contributed by atoms with E-state index in [1.807, 2.05) is 6.92 Å². The van der Waals surface area contributed by atoms with Crippen molar-refractivity contribution in [2.45, 2.75) is 26.2 Å². The van der Waals surface area contributed by atoms with Crippen molar-refractivity contribution in [3.8, 4) is 6.01 Å². The van der Waals surface area contributed by atoms with Crippen molar-refractivity contribution in [2.75, 3.05) is 51.5 Å². The van der Waals surface area contributed by atoms with Crippen molar-refractivity contribution in [3.63, 3.8) is 0 Å². The van der Waals surface area contributed by atoms with E-state index in [4.69, 9.17) is 4.74 Å². The van der Waals surface area contributed by atoms with Crippen LogP contribution in [-0.2, 0) is 0 Å². The minimum atomic E-state index is 0.363. The van der Waals surface area contributed by atoms with Crippen LogP contribution in [0.3, 0.4) is 0 Å². The van der Waals surface area contributed by atoms with Crippen LogP contribution >= 0.6 is 0 Å². The summed E-state index contributed by atoms with van der Waals surface area (Å²) >= 11 is 0. The Morgan fingerprint density at radius 2 is 1.85 bits per heavy atom. The number of ether oxygens (including phenoxy) is 1. The van der Waals surface area contributed by atoms with E-state index in [0.717, 1.165) is 32.4 Å². The lowest BCUT2D eigenvalue weighted by Gasteiger charge is -2.10. The number of anilines is 2. The predicted molar refractivity (Wildman–Crippen MR) is 81.4 cm³/mol. The first-order valence-electron chi connectivity index (χ1n) is 7.11. The lowest BCUT2D eigenvalue weighted by Crippen LogP contribution is -2.15. The topological polar surface area (TPSA) is 75.2 Å². The van der Waals surface area contributed by atoms with Gasteiger partial charge in [-0.15, -0.1) is 0 Å². The fourth-order valence-corrected chi connectivity index (χ4v) is 1.56. The molecule has 0 atom stereocenters. The summed E-state index contributed by atoms with van der Waals surface area (Å²) in [5, 5.41) is 6.12. The van der Waals surface area contributed by atoms with Gasteiger partial charge in [0, 0.05) is 13.6 Å². The molecule has 0 spiro atoms. The van der Waals surface area contributed by atoms with Crippen LogP contribution in [0.4, 0.5) is 11.9 Å². The van der Waals surface area contributed by atoms with E-state index >= 15 is 0 Å². The van der Waals surface area contributed by atoms with Crippen molar-refractivity contribution in [1.82, 2.24) is 19.9 Å². The second-order valence-electron chi connectivity index (χ2n) is 4.80. The summed E-state index contributed by atoms with van der Waals surface area (Å²) in [6.45, 7) is 4.58. The van der Waals surface area contributed by atoms with Gasteiger partial charge < -0.3 is 20.3 Å². The average molecular weight is 282 g/mol. The molecular formula is C13H26N6O. The van der Waals surface area contributed by atoms with Gasteiger partial charge in [-0.25, -0.2) is 0 Å². The van der Waals surface area contributed by atoms with Crippen LogP contribution in [0.2, 0.25) is 0 Å². The first-order valence-corrected chi connectivity index (χ1v) is 7.11. The van der Waals surface area contributed by atoms with Crippen LogP contribution in [0, 0.1) is 0 Å². The van der Waals surface area contributed by atoms with Crippen LogP contribution in [0.1, 0.15) is 26.2 Å². The largest absolute Gasteiger partial charge is 0.463 e. The number of unbranched alkanes of at least 4 members (excludes halogenated alkanes) is 1. The molecule has 114 valence electrons. The van der Waals surface area contributed by atoms with Crippen molar-refractivity contribution < 1.29 is 4.74 Å². The van der Waals surface area contributed by atoms with Gasteiger partial charge in [-0.3, -0.25) is 0 Å². The van der Waals surface area contributed by atoms with E-state index in [-0.39, 0.29) is 0 Å². The number of hydrogen-bond donors (Lipinski definition) is 2. The number of hydrogen-bond acceptors (Lipinski definition) is 7. The molecule has 0 radical (unpaired) electrons. The fraction of sp³-hybridized carbons (Fsp3) is 0.769. The number of aromatic nitrogens is 3. The predicted octanol–water partition coefficient (Wildman–Crippen LogP) is 1.46. The molecule has 0 aliphatic carbocycles. The summed E-state index contributed by atoms with van der Waals surface area (Å²) in [5.74, 6) is 1.07. The summed E-state index contributed by atoms with van der Waals surface area (Å²) in [6.07, 6.45) is 3.14. The van der Waals surface area contributed by atoms with Gasteiger partial charge in [-0.1, -0.05) is 6.92 Å². The van der Waals surface area contributed by atoms with Gasteiger partial charge in [0.25, 0.3) is 0 Å². The molecule has 7 nitrogen and oxygen atoms in total. The molecule has 7 heteroatoms. The van der Waals surface area contributed by atoms with E-state index in [0.29, 0.717) is 24.5 Å². The van der Waals surface area contributed by atoms with Crippen molar-refractivity contribution in [1.29, 1.82) is 0 Å². The zero-order valence-electron chi connectivity index (χ0n) is 12.9. The van der Waals surface area contributed by atoms with Gasteiger partial charge >= 0.3 is 6.01 Å². The molecular weight excluding hydrogens is 256 g/mol. The summed E-state index contributed by atoms with van der Waals surface area (Å²) in [4.78, 5) is 14.8. The molecule has 1 aromatic rings. The molecule has 20 heavy (non-hydrogen) atoms. The third-order valence-electron chi connectivity index (χ3n) is 2.59. The molecule has 2 N–H and O–H groups in total. The molecule has 1 aromatic heterocycles. The summed E-state index contributed by atoms with van der Waals surface area (Å²) in [5.41, 5.74) is 0. The Kier molecular flexibility index (Phi) is 7.64. The molecule has 0 fully saturated rings. The maximum Gasteiger partial charge on any atom is 0.323 e. The minimum Gasteiger partial charge on any atom is -0.463 e. The maximum absolute atomic E-state index is 5.45. The van der Waals surface area contributed by atoms with Crippen LogP contribution in [0.15, 0.2) is 0 Å². The molecule has 0 aromatic carbocycles. The third-order valence-corrected chi connectivity index (χ3v) is 2.59.